The zero-order chi connectivity index (χ0) is 26.2. The van der Waals surface area contributed by atoms with Gasteiger partial charge in [0.05, 0.1) is 0 Å². The van der Waals surface area contributed by atoms with Crippen LogP contribution >= 0.6 is 0 Å². The van der Waals surface area contributed by atoms with E-state index in [1.807, 2.05) is 45.0 Å². The highest BCUT2D eigenvalue weighted by Gasteiger charge is 2.18. The summed E-state index contributed by atoms with van der Waals surface area (Å²) in [6, 6.07) is 7.83. The van der Waals surface area contributed by atoms with E-state index in [1.54, 1.807) is 0 Å². The first-order valence-electron chi connectivity index (χ1n) is 12.2. The van der Waals surface area contributed by atoms with E-state index in [-0.39, 0.29) is 13.2 Å². The van der Waals surface area contributed by atoms with Crippen LogP contribution in [-0.2, 0) is 11.2 Å². The van der Waals surface area contributed by atoms with Gasteiger partial charge in [-0.15, -0.1) is 0 Å². The van der Waals surface area contributed by atoms with Gasteiger partial charge in [0.15, 0.2) is 0 Å². The van der Waals surface area contributed by atoms with E-state index in [2.05, 4.69) is 34.2 Å². The summed E-state index contributed by atoms with van der Waals surface area (Å²) in [7, 11) is 0. The number of hydrogen-bond acceptors (Lipinski definition) is 9. The Hall–Kier alpha value is -3.50. The van der Waals surface area contributed by atoms with Crippen molar-refractivity contribution in [2.24, 2.45) is 0 Å². The van der Waals surface area contributed by atoms with Crippen LogP contribution in [0.3, 0.4) is 0 Å². The highest BCUT2D eigenvalue weighted by atomic mass is 16.5. The first kappa shape index (κ1) is 27.1. The molecule has 10 nitrogen and oxygen atoms in total. The van der Waals surface area contributed by atoms with Crippen molar-refractivity contribution < 1.29 is 24.3 Å². The number of hydrogen-bond donors (Lipinski definition) is 3. The van der Waals surface area contributed by atoms with E-state index in [9.17, 15) is 9.90 Å². The van der Waals surface area contributed by atoms with E-state index in [0.717, 1.165) is 41.2 Å². The van der Waals surface area contributed by atoms with Gasteiger partial charge in [-0.25, -0.2) is 4.98 Å². The summed E-state index contributed by atoms with van der Waals surface area (Å²) < 4.78 is 11.5. The lowest BCUT2D eigenvalue weighted by Gasteiger charge is -2.20. The molecule has 1 atom stereocenters. The number of benzene rings is 1. The van der Waals surface area contributed by atoms with Crippen molar-refractivity contribution in [3.05, 3.63) is 41.0 Å². The second-order valence-electron chi connectivity index (χ2n) is 8.55. The van der Waals surface area contributed by atoms with Gasteiger partial charge in [-0.3, -0.25) is 4.79 Å². The van der Waals surface area contributed by atoms with E-state index < -0.39 is 18.6 Å². The molecular weight excluding hydrogens is 462 g/mol. The number of nitrogens with one attached hydrogen (secondary N) is 1. The van der Waals surface area contributed by atoms with E-state index in [0.29, 0.717) is 29.6 Å². The smallest absolute Gasteiger partial charge is 0.276 e. The average molecular weight is 498 g/mol. The van der Waals surface area contributed by atoms with Gasteiger partial charge in [-0.1, -0.05) is 12.1 Å². The number of ether oxygens (including phenoxy) is 1. The molecule has 1 amide bonds. The second kappa shape index (κ2) is 12.5. The van der Waals surface area contributed by atoms with Crippen molar-refractivity contribution in [2.75, 3.05) is 37.7 Å². The van der Waals surface area contributed by atoms with Gasteiger partial charge in [0.2, 0.25) is 11.7 Å². The number of carbonyl (C=O) groups is 1. The number of aryl methyl sites for hydroxylation is 3. The van der Waals surface area contributed by atoms with Crippen LogP contribution in [0.25, 0.3) is 23.0 Å². The fourth-order valence-corrected chi connectivity index (χ4v) is 3.88. The van der Waals surface area contributed by atoms with Crippen molar-refractivity contribution in [1.82, 2.24) is 20.4 Å². The molecule has 194 valence electrons. The molecule has 0 saturated heterocycles. The highest BCUT2D eigenvalue weighted by molar-refractivity contribution is 5.76. The molecule has 0 fully saturated rings. The Labute approximate surface area is 211 Å². The maximum atomic E-state index is 11.2. The minimum atomic E-state index is -0.910. The summed E-state index contributed by atoms with van der Waals surface area (Å²) in [6.07, 6.45) is -0.217. The summed E-state index contributed by atoms with van der Waals surface area (Å²) >= 11 is 0. The predicted octanol–water partition coefficient (Wildman–Crippen LogP) is 2.67. The topological polar surface area (TPSA) is 134 Å². The van der Waals surface area contributed by atoms with Gasteiger partial charge in [-0.05, 0) is 75.1 Å². The molecule has 3 aromatic rings. The van der Waals surface area contributed by atoms with Crippen LogP contribution in [0.1, 0.15) is 37.5 Å². The Morgan fingerprint density at radius 3 is 2.56 bits per heavy atom. The Balaban J connectivity index is 1.81. The number of nitrogens with zero attached hydrogens (tertiary/aromatic N) is 4. The largest absolute Gasteiger partial charge is 0.490 e. The molecule has 0 aliphatic carbocycles. The van der Waals surface area contributed by atoms with Gasteiger partial charge >= 0.3 is 0 Å². The lowest BCUT2D eigenvalue weighted by molar-refractivity contribution is -0.124. The van der Waals surface area contributed by atoms with Crippen LogP contribution in [0, 0.1) is 13.8 Å². The molecule has 0 aliphatic heterocycles. The molecule has 0 radical (unpaired) electrons. The van der Waals surface area contributed by atoms with Gasteiger partial charge in [0.25, 0.3) is 5.89 Å². The predicted molar refractivity (Wildman–Crippen MR) is 137 cm³/mol. The Morgan fingerprint density at radius 1 is 1.14 bits per heavy atom. The van der Waals surface area contributed by atoms with Gasteiger partial charge < -0.3 is 29.7 Å². The molecule has 2 heterocycles. The second-order valence-corrected chi connectivity index (χ2v) is 8.55. The average Bonchev–Trinajstić information content (AvgIpc) is 3.37. The number of aliphatic hydroxyl groups excluding tert-OH is 2. The van der Waals surface area contributed by atoms with E-state index in [1.165, 1.54) is 0 Å². The number of rotatable bonds is 12. The highest BCUT2D eigenvalue weighted by Crippen LogP contribution is 2.31. The van der Waals surface area contributed by atoms with E-state index in [4.69, 9.17) is 19.4 Å². The Bertz CT molecular complexity index is 1180. The molecule has 10 heteroatoms. The minimum absolute atomic E-state index is 0.000841. The minimum Gasteiger partial charge on any atom is -0.490 e. The fourth-order valence-electron chi connectivity index (χ4n) is 3.88. The number of carbonyl (C=O) groups excluding carboxylic acids is 1. The standard InChI is InChI=1S/C26H35N5O5/c1-6-18-12-19(11-17(5)24(18)35-15-20(33)13-27-23(34)14-32)25-29-26(36-30-25)21-9-16(4)10-22(28-21)31(7-2)8-3/h9-12,20,32-33H,6-8,13-15H2,1-5H3,(H,27,34)/t20-/m0/s1. The zero-order valence-electron chi connectivity index (χ0n) is 21.5. The maximum absolute atomic E-state index is 11.2. The molecule has 0 unspecified atom stereocenters. The van der Waals surface area contributed by atoms with Crippen LogP contribution in [-0.4, -0.2) is 70.2 Å². The Kier molecular flexibility index (Phi) is 9.38. The first-order valence-corrected chi connectivity index (χ1v) is 12.2. The molecular formula is C26H35N5O5. The molecule has 0 bridgehead atoms. The van der Waals surface area contributed by atoms with E-state index >= 15 is 0 Å². The SMILES string of the molecule is CCc1cc(-c2noc(-c3cc(C)cc(N(CC)CC)n3)n2)cc(C)c1OC[C@@H](O)CNC(=O)CO. The third-order valence-electron chi connectivity index (χ3n) is 5.78. The van der Waals surface area contributed by atoms with Crippen LogP contribution in [0.5, 0.6) is 5.75 Å². The summed E-state index contributed by atoms with van der Waals surface area (Å²) in [5, 5.41) is 25.5. The monoisotopic (exact) mass is 497 g/mol. The van der Waals surface area contributed by atoms with Crippen LogP contribution in [0.4, 0.5) is 5.82 Å². The van der Waals surface area contributed by atoms with Crippen molar-refractivity contribution in [3.8, 4) is 28.7 Å². The number of aromatic nitrogens is 3. The van der Waals surface area contributed by atoms with Crippen LogP contribution in [0.15, 0.2) is 28.8 Å². The van der Waals surface area contributed by atoms with Crippen molar-refractivity contribution >= 4 is 11.7 Å². The normalized spacial score (nSPS) is 11.9. The number of anilines is 1. The number of amides is 1. The number of aliphatic hydroxyl groups is 2. The first-order chi connectivity index (χ1) is 17.3. The third kappa shape index (κ3) is 6.58. The third-order valence-corrected chi connectivity index (χ3v) is 5.78. The zero-order valence-corrected chi connectivity index (χ0v) is 21.5. The summed E-state index contributed by atoms with van der Waals surface area (Å²) in [5.41, 5.74) is 4.27. The summed E-state index contributed by atoms with van der Waals surface area (Å²) in [5.74, 6) is 1.80. The Morgan fingerprint density at radius 2 is 1.89 bits per heavy atom. The van der Waals surface area contributed by atoms with Crippen molar-refractivity contribution in [3.63, 3.8) is 0 Å². The molecule has 3 rings (SSSR count). The summed E-state index contributed by atoms with van der Waals surface area (Å²) in [6.45, 7) is 11.2. The van der Waals surface area contributed by atoms with Crippen molar-refractivity contribution in [2.45, 2.75) is 47.1 Å². The quantitative estimate of drug-likeness (QED) is 0.345. The maximum Gasteiger partial charge on any atom is 0.276 e. The van der Waals surface area contributed by atoms with Crippen molar-refractivity contribution in [1.29, 1.82) is 0 Å². The molecule has 1 aromatic carbocycles. The number of pyridine rings is 1. The molecule has 2 aromatic heterocycles. The van der Waals surface area contributed by atoms with Gasteiger partial charge in [0, 0.05) is 25.2 Å². The van der Waals surface area contributed by atoms with Crippen LogP contribution in [0.2, 0.25) is 0 Å². The molecule has 3 N–H and O–H groups in total. The summed E-state index contributed by atoms with van der Waals surface area (Å²) in [4.78, 5) is 22.7. The lowest BCUT2D eigenvalue weighted by atomic mass is 10.0. The van der Waals surface area contributed by atoms with Gasteiger partial charge in [-0.2, -0.15) is 4.98 Å². The fraction of sp³-hybridized carbons (Fsp3) is 0.462. The lowest BCUT2D eigenvalue weighted by Crippen LogP contribution is -2.36. The molecule has 0 aliphatic rings. The molecule has 0 saturated carbocycles. The van der Waals surface area contributed by atoms with Gasteiger partial charge in [0.1, 0.15) is 36.6 Å². The molecule has 0 spiro atoms. The molecule has 36 heavy (non-hydrogen) atoms. The van der Waals surface area contributed by atoms with Crippen LogP contribution < -0.4 is 15.0 Å².